The molecule has 2 nitrogen and oxygen atoms in total. The third kappa shape index (κ3) is 1.65. The average molecular weight is 219 g/mol. The first kappa shape index (κ1) is 8.98. The van der Waals surface area contributed by atoms with Crippen molar-refractivity contribution in [3.63, 3.8) is 0 Å². The van der Waals surface area contributed by atoms with Crippen LogP contribution < -0.4 is 0 Å². The predicted octanol–water partition coefficient (Wildman–Crippen LogP) is 3.61. The van der Waals surface area contributed by atoms with Gasteiger partial charge >= 0.3 is 0 Å². The van der Waals surface area contributed by atoms with E-state index in [1.165, 1.54) is 24.1 Å². The molecule has 0 atom stereocenters. The van der Waals surface area contributed by atoms with E-state index in [9.17, 15) is 0 Å². The molecule has 1 aromatic heterocycles. The maximum absolute atomic E-state index is 5.98. The van der Waals surface area contributed by atoms with E-state index in [1.54, 1.807) is 0 Å². The van der Waals surface area contributed by atoms with Crippen molar-refractivity contribution in [3.8, 4) is 11.1 Å². The Hall–Kier alpha value is -1.28. The zero-order valence-corrected chi connectivity index (χ0v) is 8.96. The van der Waals surface area contributed by atoms with E-state index in [2.05, 4.69) is 16.3 Å². The zero-order valence-electron chi connectivity index (χ0n) is 8.20. The van der Waals surface area contributed by atoms with Gasteiger partial charge in [-0.25, -0.2) is 0 Å². The highest BCUT2D eigenvalue weighted by atomic mass is 35.5. The molecule has 1 N–H and O–H groups in total. The summed E-state index contributed by atoms with van der Waals surface area (Å²) >= 11 is 5.98. The van der Waals surface area contributed by atoms with Gasteiger partial charge in [0.05, 0.1) is 5.69 Å². The van der Waals surface area contributed by atoms with Crippen LogP contribution in [0.5, 0.6) is 0 Å². The number of hydrogen-bond acceptors (Lipinski definition) is 1. The summed E-state index contributed by atoms with van der Waals surface area (Å²) in [6.07, 6.45) is 4.48. The number of halogens is 1. The number of nitrogens with zero attached hydrogens (tertiary/aromatic N) is 1. The average Bonchev–Trinajstić information content (AvgIpc) is 2.96. The number of H-pyrrole nitrogens is 1. The summed E-state index contributed by atoms with van der Waals surface area (Å²) in [5.74, 6) is 0.658. The Morgan fingerprint density at radius 2 is 2.20 bits per heavy atom. The van der Waals surface area contributed by atoms with E-state index in [1.807, 2.05) is 24.4 Å². The molecular weight excluding hydrogens is 208 g/mol. The standard InChI is InChI=1S/C12H11ClN2/c13-10-3-1-2-9(6-10)11-7-14-15-12(11)8-4-5-8/h1-3,6-8H,4-5H2,(H,14,15). The molecule has 0 unspecified atom stereocenters. The van der Waals surface area contributed by atoms with Crippen molar-refractivity contribution < 1.29 is 0 Å². The Labute approximate surface area is 93.3 Å². The molecule has 0 spiro atoms. The lowest BCUT2D eigenvalue weighted by atomic mass is 10.0. The third-order valence-electron chi connectivity index (χ3n) is 2.77. The van der Waals surface area contributed by atoms with Crippen molar-refractivity contribution >= 4 is 11.6 Å². The van der Waals surface area contributed by atoms with Crippen molar-refractivity contribution in [2.75, 3.05) is 0 Å². The monoisotopic (exact) mass is 218 g/mol. The largest absolute Gasteiger partial charge is 0.285 e. The third-order valence-corrected chi connectivity index (χ3v) is 3.00. The fourth-order valence-corrected chi connectivity index (χ4v) is 2.05. The van der Waals surface area contributed by atoms with Crippen molar-refractivity contribution in [1.29, 1.82) is 0 Å². The number of nitrogens with one attached hydrogen (secondary N) is 1. The fraction of sp³-hybridized carbons (Fsp3) is 0.250. The number of hydrogen-bond donors (Lipinski definition) is 1. The topological polar surface area (TPSA) is 28.7 Å². The van der Waals surface area contributed by atoms with Crippen LogP contribution in [0.3, 0.4) is 0 Å². The number of aromatic amines is 1. The van der Waals surface area contributed by atoms with E-state index in [0.29, 0.717) is 5.92 Å². The Morgan fingerprint density at radius 3 is 2.93 bits per heavy atom. The van der Waals surface area contributed by atoms with Crippen LogP contribution in [0.15, 0.2) is 30.5 Å². The Balaban J connectivity index is 2.07. The molecule has 1 fully saturated rings. The highest BCUT2D eigenvalue weighted by Gasteiger charge is 2.28. The van der Waals surface area contributed by atoms with Crippen molar-refractivity contribution in [1.82, 2.24) is 10.2 Å². The summed E-state index contributed by atoms with van der Waals surface area (Å²) in [6, 6.07) is 7.92. The second-order valence-corrected chi connectivity index (χ2v) is 4.41. The van der Waals surface area contributed by atoms with Crippen molar-refractivity contribution in [2.24, 2.45) is 0 Å². The van der Waals surface area contributed by atoms with Gasteiger partial charge in [-0.15, -0.1) is 0 Å². The molecule has 0 bridgehead atoms. The van der Waals surface area contributed by atoms with E-state index < -0.39 is 0 Å². The molecule has 3 heteroatoms. The van der Waals surface area contributed by atoms with Crippen LogP contribution in [0.1, 0.15) is 24.5 Å². The molecule has 15 heavy (non-hydrogen) atoms. The first-order chi connectivity index (χ1) is 7.34. The minimum atomic E-state index is 0.658. The van der Waals surface area contributed by atoms with Crippen molar-refractivity contribution in [2.45, 2.75) is 18.8 Å². The summed E-state index contributed by atoms with van der Waals surface area (Å²) < 4.78 is 0. The fourth-order valence-electron chi connectivity index (χ4n) is 1.86. The molecule has 76 valence electrons. The molecule has 1 heterocycles. The van der Waals surface area contributed by atoms with Crippen LogP contribution >= 0.6 is 11.6 Å². The van der Waals surface area contributed by atoms with Gasteiger partial charge in [-0.1, -0.05) is 23.7 Å². The summed E-state index contributed by atoms with van der Waals surface area (Å²) in [4.78, 5) is 0. The summed E-state index contributed by atoms with van der Waals surface area (Å²) in [5.41, 5.74) is 3.54. The lowest BCUT2D eigenvalue weighted by Crippen LogP contribution is -1.84. The first-order valence-electron chi connectivity index (χ1n) is 5.14. The van der Waals surface area contributed by atoms with Gasteiger partial charge < -0.3 is 0 Å². The van der Waals surface area contributed by atoms with Gasteiger partial charge in [-0.3, -0.25) is 5.10 Å². The highest BCUT2D eigenvalue weighted by molar-refractivity contribution is 6.30. The normalized spacial score (nSPS) is 15.5. The quantitative estimate of drug-likeness (QED) is 0.820. The summed E-state index contributed by atoms with van der Waals surface area (Å²) in [6.45, 7) is 0. The maximum Gasteiger partial charge on any atom is 0.0731 e. The Bertz CT molecular complexity index is 486. The minimum absolute atomic E-state index is 0.658. The SMILES string of the molecule is Clc1cccc(-c2c[nH]nc2C2CC2)c1. The van der Waals surface area contributed by atoms with Gasteiger partial charge in [0.25, 0.3) is 0 Å². The maximum atomic E-state index is 5.98. The summed E-state index contributed by atoms with van der Waals surface area (Å²) in [5, 5.41) is 8.03. The molecule has 1 aromatic carbocycles. The molecule has 0 saturated heterocycles. The van der Waals surface area contributed by atoms with Gasteiger partial charge in [-0.05, 0) is 30.5 Å². The molecule has 1 aliphatic rings. The molecule has 1 aliphatic carbocycles. The van der Waals surface area contributed by atoms with Gasteiger partial charge in [0.2, 0.25) is 0 Å². The highest BCUT2D eigenvalue weighted by Crippen LogP contribution is 2.43. The number of aromatic nitrogens is 2. The van der Waals surface area contributed by atoms with E-state index >= 15 is 0 Å². The molecule has 0 amide bonds. The van der Waals surface area contributed by atoms with Gasteiger partial charge in [0.1, 0.15) is 0 Å². The molecular formula is C12H11ClN2. The van der Waals surface area contributed by atoms with Crippen LogP contribution in [0, 0.1) is 0 Å². The molecule has 0 aliphatic heterocycles. The van der Waals surface area contributed by atoms with Gasteiger partial charge in [0.15, 0.2) is 0 Å². The van der Waals surface area contributed by atoms with Gasteiger partial charge in [0, 0.05) is 22.7 Å². The lowest BCUT2D eigenvalue weighted by Gasteiger charge is -2.01. The summed E-state index contributed by atoms with van der Waals surface area (Å²) in [7, 11) is 0. The van der Waals surface area contributed by atoms with Crippen molar-refractivity contribution in [3.05, 3.63) is 41.2 Å². The molecule has 3 rings (SSSR count). The van der Waals surface area contributed by atoms with E-state index in [-0.39, 0.29) is 0 Å². The number of rotatable bonds is 2. The Morgan fingerprint density at radius 1 is 1.33 bits per heavy atom. The van der Waals surface area contributed by atoms with E-state index in [4.69, 9.17) is 11.6 Å². The lowest BCUT2D eigenvalue weighted by molar-refractivity contribution is 0.966. The van der Waals surface area contributed by atoms with E-state index in [0.717, 1.165) is 10.6 Å². The zero-order chi connectivity index (χ0) is 10.3. The predicted molar refractivity (Wildman–Crippen MR) is 61.0 cm³/mol. The second kappa shape index (κ2) is 3.38. The van der Waals surface area contributed by atoms with Crippen LogP contribution in [-0.2, 0) is 0 Å². The number of benzene rings is 1. The smallest absolute Gasteiger partial charge is 0.0731 e. The Kier molecular flexibility index (Phi) is 2.03. The minimum Gasteiger partial charge on any atom is -0.285 e. The molecule has 1 saturated carbocycles. The van der Waals surface area contributed by atoms with Crippen LogP contribution in [0.2, 0.25) is 5.02 Å². The first-order valence-corrected chi connectivity index (χ1v) is 5.52. The van der Waals surface area contributed by atoms with Crippen LogP contribution in [0.25, 0.3) is 11.1 Å². The van der Waals surface area contributed by atoms with Gasteiger partial charge in [-0.2, -0.15) is 5.10 Å². The molecule has 2 aromatic rings. The van der Waals surface area contributed by atoms with Crippen LogP contribution in [0.4, 0.5) is 0 Å². The second-order valence-electron chi connectivity index (χ2n) is 3.97. The molecule has 0 radical (unpaired) electrons. The van der Waals surface area contributed by atoms with Crippen LogP contribution in [-0.4, -0.2) is 10.2 Å².